The Hall–Kier alpha value is -3.54. The van der Waals surface area contributed by atoms with E-state index >= 15 is 0 Å². The SMILES string of the molecule is O=c1cc(Cn2c(C3=CC=C3)cc3cccnc32)c2ccc(F)c(F)c2[nH]1. The van der Waals surface area contributed by atoms with Gasteiger partial charge < -0.3 is 9.55 Å². The fraction of sp³-hybridized carbons (Fsp3) is 0.0476. The molecular weight excluding hydrogens is 348 g/mol. The number of halogens is 2. The molecule has 0 spiro atoms. The third-order valence-corrected chi connectivity index (χ3v) is 4.83. The third kappa shape index (κ3) is 2.41. The molecule has 0 saturated heterocycles. The van der Waals surface area contributed by atoms with Gasteiger partial charge >= 0.3 is 0 Å². The van der Waals surface area contributed by atoms with Crippen molar-refractivity contribution in [1.82, 2.24) is 14.5 Å². The van der Waals surface area contributed by atoms with E-state index in [0.717, 1.165) is 28.4 Å². The maximum atomic E-state index is 14.2. The number of hydrogen-bond donors (Lipinski definition) is 1. The Kier molecular flexibility index (Phi) is 3.33. The largest absolute Gasteiger partial charge is 0.321 e. The van der Waals surface area contributed by atoms with Crippen molar-refractivity contribution < 1.29 is 8.78 Å². The topological polar surface area (TPSA) is 50.7 Å². The molecule has 1 aliphatic rings. The zero-order valence-corrected chi connectivity index (χ0v) is 14.0. The minimum absolute atomic E-state index is 0.119. The summed E-state index contributed by atoms with van der Waals surface area (Å²) in [5.74, 6) is -2.04. The number of rotatable bonds is 3. The summed E-state index contributed by atoms with van der Waals surface area (Å²) in [6, 6.07) is 9.85. The second-order valence-electron chi connectivity index (χ2n) is 6.46. The lowest BCUT2D eigenvalue weighted by Crippen LogP contribution is -2.12. The molecular formula is C21H13F2N3O. The maximum absolute atomic E-state index is 14.2. The molecule has 1 N–H and O–H groups in total. The number of H-pyrrole nitrogens is 1. The quantitative estimate of drug-likeness (QED) is 0.596. The molecule has 27 heavy (non-hydrogen) atoms. The first-order chi connectivity index (χ1) is 13.1. The monoisotopic (exact) mass is 361 g/mol. The zero-order chi connectivity index (χ0) is 18.5. The van der Waals surface area contributed by atoms with Crippen LogP contribution in [0, 0.1) is 11.6 Å². The van der Waals surface area contributed by atoms with Gasteiger partial charge in [0.05, 0.1) is 17.8 Å². The summed E-state index contributed by atoms with van der Waals surface area (Å²) in [5.41, 5.74) is 2.79. The molecule has 0 radical (unpaired) electrons. The lowest BCUT2D eigenvalue weighted by atomic mass is 10.0. The van der Waals surface area contributed by atoms with Gasteiger partial charge in [-0.25, -0.2) is 13.8 Å². The van der Waals surface area contributed by atoms with Gasteiger partial charge in [0.25, 0.3) is 0 Å². The van der Waals surface area contributed by atoms with Gasteiger partial charge in [0.15, 0.2) is 11.6 Å². The lowest BCUT2D eigenvalue weighted by molar-refractivity contribution is 0.515. The molecule has 0 fully saturated rings. The summed E-state index contributed by atoms with van der Waals surface area (Å²) in [4.78, 5) is 18.9. The predicted octanol–water partition coefficient (Wildman–Crippen LogP) is 4.16. The molecule has 0 atom stereocenters. The van der Waals surface area contributed by atoms with Gasteiger partial charge in [-0.15, -0.1) is 0 Å². The highest BCUT2D eigenvalue weighted by Crippen LogP contribution is 2.30. The van der Waals surface area contributed by atoms with Gasteiger partial charge in [-0.2, -0.15) is 0 Å². The van der Waals surface area contributed by atoms with Gasteiger partial charge in [-0.1, -0.05) is 18.2 Å². The van der Waals surface area contributed by atoms with Crippen LogP contribution in [0.4, 0.5) is 8.78 Å². The van der Waals surface area contributed by atoms with Gasteiger partial charge in [0.2, 0.25) is 5.56 Å². The zero-order valence-electron chi connectivity index (χ0n) is 14.0. The Balaban J connectivity index is 1.75. The molecule has 0 unspecified atom stereocenters. The molecule has 1 aliphatic carbocycles. The molecule has 4 aromatic rings. The van der Waals surface area contributed by atoms with E-state index in [1.807, 2.05) is 41.0 Å². The first-order valence-corrected chi connectivity index (χ1v) is 8.45. The van der Waals surface area contributed by atoms with Gasteiger partial charge in [-0.3, -0.25) is 4.79 Å². The fourth-order valence-corrected chi connectivity index (χ4v) is 3.49. The van der Waals surface area contributed by atoms with Crippen LogP contribution >= 0.6 is 0 Å². The third-order valence-electron chi connectivity index (χ3n) is 4.83. The highest BCUT2D eigenvalue weighted by molar-refractivity contribution is 5.89. The minimum Gasteiger partial charge on any atom is -0.321 e. The minimum atomic E-state index is -1.05. The normalized spacial score (nSPS) is 13.2. The first kappa shape index (κ1) is 15.7. The molecule has 0 amide bonds. The fourth-order valence-electron chi connectivity index (χ4n) is 3.49. The van der Waals surface area contributed by atoms with E-state index in [1.165, 1.54) is 12.1 Å². The summed E-state index contributed by atoms with van der Waals surface area (Å²) >= 11 is 0. The van der Waals surface area contributed by atoms with Crippen LogP contribution in [0.25, 0.3) is 27.5 Å². The smallest absolute Gasteiger partial charge is 0.248 e. The molecule has 3 aromatic heterocycles. The Morgan fingerprint density at radius 2 is 2.00 bits per heavy atom. The molecule has 1 aromatic carbocycles. The number of benzene rings is 1. The van der Waals surface area contributed by atoms with Crippen molar-refractivity contribution in [2.75, 3.05) is 0 Å². The summed E-state index contributed by atoms with van der Waals surface area (Å²) in [6.45, 7) is 0.312. The van der Waals surface area contributed by atoms with Gasteiger partial charge in [0, 0.05) is 23.0 Å². The van der Waals surface area contributed by atoms with E-state index in [2.05, 4.69) is 9.97 Å². The van der Waals surface area contributed by atoms with E-state index in [0.29, 0.717) is 17.5 Å². The first-order valence-electron chi connectivity index (χ1n) is 8.45. The van der Waals surface area contributed by atoms with Gasteiger partial charge in [0.1, 0.15) is 5.65 Å². The van der Waals surface area contributed by atoms with E-state index in [-0.39, 0.29) is 5.52 Å². The maximum Gasteiger partial charge on any atom is 0.248 e. The highest BCUT2D eigenvalue weighted by atomic mass is 19.2. The van der Waals surface area contributed by atoms with Crippen molar-refractivity contribution in [3.8, 4) is 0 Å². The number of nitrogens with one attached hydrogen (secondary N) is 1. The van der Waals surface area contributed by atoms with Crippen LogP contribution in [0.15, 0.2) is 65.6 Å². The summed E-state index contributed by atoms with van der Waals surface area (Å²) in [5, 5.41) is 1.44. The molecule has 0 bridgehead atoms. The van der Waals surface area contributed by atoms with E-state index in [4.69, 9.17) is 0 Å². The van der Waals surface area contributed by atoms with E-state index < -0.39 is 17.2 Å². The Morgan fingerprint density at radius 3 is 2.78 bits per heavy atom. The number of allylic oxidation sites excluding steroid dienone is 4. The van der Waals surface area contributed by atoms with Crippen LogP contribution in [0.2, 0.25) is 0 Å². The molecule has 0 aliphatic heterocycles. The van der Waals surface area contributed by atoms with Crippen LogP contribution in [0.3, 0.4) is 0 Å². The van der Waals surface area contributed by atoms with E-state index in [9.17, 15) is 13.6 Å². The summed E-state index contributed by atoms with van der Waals surface area (Å²) in [7, 11) is 0. The van der Waals surface area contributed by atoms with Gasteiger partial charge in [-0.05, 0) is 41.5 Å². The summed E-state index contributed by atoms with van der Waals surface area (Å²) in [6.07, 6.45) is 7.65. The Morgan fingerprint density at radius 1 is 1.15 bits per heavy atom. The number of fused-ring (bicyclic) bond motifs is 2. The Labute approximate surface area is 152 Å². The summed E-state index contributed by atoms with van der Waals surface area (Å²) < 4.78 is 29.8. The van der Waals surface area contributed by atoms with Crippen LogP contribution < -0.4 is 5.56 Å². The number of aromatic nitrogens is 3. The van der Waals surface area contributed by atoms with Crippen molar-refractivity contribution in [2.24, 2.45) is 0 Å². The van der Waals surface area contributed by atoms with Crippen molar-refractivity contribution in [2.45, 2.75) is 6.54 Å². The Bertz CT molecular complexity index is 1350. The van der Waals surface area contributed by atoms with Crippen molar-refractivity contribution >= 4 is 27.5 Å². The molecule has 0 saturated carbocycles. The van der Waals surface area contributed by atoms with Crippen LogP contribution in [-0.2, 0) is 6.54 Å². The molecule has 3 heterocycles. The van der Waals surface area contributed by atoms with Crippen LogP contribution in [0.5, 0.6) is 0 Å². The molecule has 132 valence electrons. The second-order valence-corrected chi connectivity index (χ2v) is 6.46. The molecule has 5 rings (SSSR count). The molecule has 4 nitrogen and oxygen atoms in total. The second kappa shape index (κ2) is 5.74. The highest BCUT2D eigenvalue weighted by Gasteiger charge is 2.17. The number of pyridine rings is 2. The number of hydrogen-bond acceptors (Lipinski definition) is 2. The van der Waals surface area contributed by atoms with Crippen molar-refractivity contribution in [1.29, 1.82) is 0 Å². The number of aromatic amines is 1. The van der Waals surface area contributed by atoms with Crippen molar-refractivity contribution in [3.05, 3.63) is 94.1 Å². The standard InChI is InChI=1S/C21H13F2N3O/c22-16-7-6-15-14(10-18(27)25-20(15)19(16)23)11-26-17(12-3-1-4-12)9-13-5-2-8-24-21(13)26/h1-10H,11H2,(H,25,27). The molecule has 6 heteroatoms. The van der Waals surface area contributed by atoms with Crippen molar-refractivity contribution in [3.63, 3.8) is 0 Å². The van der Waals surface area contributed by atoms with Crippen LogP contribution in [0.1, 0.15) is 11.3 Å². The lowest BCUT2D eigenvalue weighted by Gasteiger charge is -2.15. The number of nitrogens with zero attached hydrogens (tertiary/aromatic N) is 2. The average Bonchev–Trinajstić information content (AvgIpc) is 2.95. The van der Waals surface area contributed by atoms with E-state index in [1.54, 1.807) is 6.20 Å². The van der Waals surface area contributed by atoms with Crippen LogP contribution in [-0.4, -0.2) is 14.5 Å². The average molecular weight is 361 g/mol. The predicted molar refractivity (Wildman–Crippen MR) is 100 cm³/mol.